The third kappa shape index (κ3) is 5.54. The number of halogens is 1. The number of nitrogens with zero attached hydrogens (tertiary/aromatic N) is 1. The lowest BCUT2D eigenvalue weighted by molar-refractivity contribution is -0.386. The first kappa shape index (κ1) is 26.4. The van der Waals surface area contributed by atoms with Gasteiger partial charge in [-0.25, -0.2) is 4.79 Å². The number of allylic oxidation sites excluding steroid dienone is 3. The van der Waals surface area contributed by atoms with E-state index in [2.05, 4.69) is 5.32 Å². The zero-order valence-electron chi connectivity index (χ0n) is 21.2. The van der Waals surface area contributed by atoms with Crippen LogP contribution in [0, 0.1) is 21.4 Å². The van der Waals surface area contributed by atoms with Crippen molar-refractivity contribution in [2.24, 2.45) is 11.3 Å². The van der Waals surface area contributed by atoms with Crippen LogP contribution in [-0.2, 0) is 20.9 Å². The summed E-state index contributed by atoms with van der Waals surface area (Å²) in [7, 11) is 0. The fraction of sp³-hybridized carbons (Fsp3) is 0.357. The number of ketones is 1. The third-order valence-corrected chi connectivity index (χ3v) is 6.83. The Morgan fingerprint density at radius 2 is 1.89 bits per heavy atom. The minimum Gasteiger partial charge on any atom is -0.482 e. The van der Waals surface area contributed by atoms with E-state index in [1.165, 1.54) is 12.1 Å². The maximum Gasteiger partial charge on any atom is 0.336 e. The van der Waals surface area contributed by atoms with Crippen LogP contribution in [0.1, 0.15) is 51.2 Å². The van der Waals surface area contributed by atoms with Gasteiger partial charge in [0.15, 0.2) is 5.75 Å². The molecule has 1 aliphatic carbocycles. The van der Waals surface area contributed by atoms with E-state index in [0.717, 1.165) is 5.56 Å². The number of esters is 1. The number of nitro groups is 1. The van der Waals surface area contributed by atoms with E-state index in [0.29, 0.717) is 34.0 Å². The molecule has 1 heterocycles. The molecule has 194 valence electrons. The lowest BCUT2D eigenvalue weighted by atomic mass is 9.66. The van der Waals surface area contributed by atoms with Gasteiger partial charge >= 0.3 is 11.7 Å². The summed E-state index contributed by atoms with van der Waals surface area (Å²) in [4.78, 5) is 38.0. The average Bonchev–Trinajstić information content (AvgIpc) is 2.82. The summed E-state index contributed by atoms with van der Waals surface area (Å²) in [6.07, 6.45) is 2.30. The molecule has 8 nitrogen and oxygen atoms in total. The summed E-state index contributed by atoms with van der Waals surface area (Å²) in [5.41, 5.74) is 2.21. The Hall–Kier alpha value is -3.65. The van der Waals surface area contributed by atoms with Crippen molar-refractivity contribution in [2.45, 2.75) is 46.6 Å². The van der Waals surface area contributed by atoms with Crippen LogP contribution >= 0.6 is 11.6 Å². The molecule has 2 atom stereocenters. The van der Waals surface area contributed by atoms with Crippen LogP contribution in [0.3, 0.4) is 0 Å². The van der Waals surface area contributed by atoms with Crippen LogP contribution in [0.25, 0.3) is 0 Å². The first-order valence-corrected chi connectivity index (χ1v) is 12.4. The van der Waals surface area contributed by atoms with Gasteiger partial charge in [-0.3, -0.25) is 14.9 Å². The van der Waals surface area contributed by atoms with Crippen molar-refractivity contribution < 1.29 is 24.0 Å². The van der Waals surface area contributed by atoms with Crippen LogP contribution < -0.4 is 10.1 Å². The van der Waals surface area contributed by atoms with Crippen molar-refractivity contribution in [1.29, 1.82) is 0 Å². The van der Waals surface area contributed by atoms with Gasteiger partial charge in [0.1, 0.15) is 12.4 Å². The molecule has 0 spiro atoms. The van der Waals surface area contributed by atoms with Gasteiger partial charge in [0.25, 0.3) is 0 Å². The molecular formula is C28H29ClN2O6. The maximum absolute atomic E-state index is 13.4. The molecule has 9 heteroatoms. The van der Waals surface area contributed by atoms with Gasteiger partial charge in [-0.15, -0.1) is 0 Å². The Bertz CT molecular complexity index is 1310. The molecule has 0 saturated heterocycles. The second-order valence-electron chi connectivity index (χ2n) is 9.97. The molecule has 1 aliphatic heterocycles. The Kier molecular flexibility index (Phi) is 7.41. The number of ether oxygens (including phenoxy) is 2. The highest BCUT2D eigenvalue weighted by atomic mass is 35.5. The normalized spacial score (nSPS) is 20.5. The zero-order chi connectivity index (χ0) is 26.9. The largest absolute Gasteiger partial charge is 0.482 e. The number of benzene rings is 2. The fourth-order valence-corrected chi connectivity index (χ4v) is 5.17. The highest BCUT2D eigenvalue weighted by Gasteiger charge is 2.46. The van der Waals surface area contributed by atoms with Crippen molar-refractivity contribution in [1.82, 2.24) is 5.32 Å². The summed E-state index contributed by atoms with van der Waals surface area (Å²) in [6, 6.07) is 11.6. The number of hydrogen-bond donors (Lipinski definition) is 1. The number of nitro benzene ring substituents is 1. The smallest absolute Gasteiger partial charge is 0.336 e. The SMILES string of the molecule is CCOC(=O)C1=C(C)NC2=CC(C)(C)CC(=O)C2C1c1ccc(OCc2ccc(Cl)cc2)c([N+](=O)[O-])c1. The van der Waals surface area contributed by atoms with Gasteiger partial charge in [0.05, 0.1) is 23.0 Å². The van der Waals surface area contributed by atoms with E-state index in [-0.39, 0.29) is 35.8 Å². The Balaban J connectivity index is 1.78. The molecule has 4 rings (SSSR count). The van der Waals surface area contributed by atoms with Crippen molar-refractivity contribution >= 4 is 29.0 Å². The molecule has 0 aromatic heterocycles. The van der Waals surface area contributed by atoms with Gasteiger partial charge in [0.2, 0.25) is 0 Å². The Labute approximate surface area is 220 Å². The predicted molar refractivity (Wildman–Crippen MR) is 139 cm³/mol. The van der Waals surface area contributed by atoms with Crippen molar-refractivity contribution in [2.75, 3.05) is 6.61 Å². The molecule has 2 aromatic carbocycles. The summed E-state index contributed by atoms with van der Waals surface area (Å²) in [6.45, 7) is 7.68. The van der Waals surface area contributed by atoms with E-state index in [4.69, 9.17) is 21.1 Å². The molecule has 0 bridgehead atoms. The number of nitrogens with one attached hydrogen (secondary N) is 1. The molecule has 0 saturated carbocycles. The first-order chi connectivity index (χ1) is 17.5. The Morgan fingerprint density at radius 3 is 2.54 bits per heavy atom. The monoisotopic (exact) mass is 524 g/mol. The predicted octanol–water partition coefficient (Wildman–Crippen LogP) is 5.85. The van der Waals surface area contributed by atoms with Crippen LogP contribution in [0.4, 0.5) is 5.69 Å². The second-order valence-corrected chi connectivity index (χ2v) is 10.4. The van der Waals surface area contributed by atoms with Crippen molar-refractivity contribution in [3.63, 3.8) is 0 Å². The number of Topliss-reactive ketones (excluding diaryl/α,β-unsaturated/α-hetero) is 1. The van der Waals surface area contributed by atoms with Crippen molar-refractivity contribution in [3.8, 4) is 5.75 Å². The molecule has 1 N–H and O–H groups in total. The highest BCUT2D eigenvalue weighted by Crippen LogP contribution is 2.48. The van der Waals surface area contributed by atoms with Gasteiger partial charge < -0.3 is 14.8 Å². The van der Waals surface area contributed by atoms with Gasteiger partial charge in [0, 0.05) is 34.8 Å². The molecule has 2 aliphatic rings. The quantitative estimate of drug-likeness (QED) is 0.275. The first-order valence-electron chi connectivity index (χ1n) is 12.1. The second kappa shape index (κ2) is 10.4. The minimum atomic E-state index is -0.737. The summed E-state index contributed by atoms with van der Waals surface area (Å²) < 4.78 is 11.1. The minimum absolute atomic E-state index is 0.0417. The standard InChI is InChI=1S/C28H29ClN2O6/c1-5-36-27(33)24-16(2)30-20-13-28(3,4)14-22(32)26(20)25(24)18-8-11-23(21(12-18)31(34)35)37-15-17-6-9-19(29)10-7-17/h6-13,25-26,30H,5,14-15H2,1-4H3. The molecule has 0 fully saturated rings. The van der Waals surface area contributed by atoms with Gasteiger partial charge in [-0.1, -0.05) is 49.7 Å². The van der Waals surface area contributed by atoms with Crippen LogP contribution in [-0.4, -0.2) is 23.3 Å². The summed E-state index contributed by atoms with van der Waals surface area (Å²) in [5.74, 6) is -1.93. The molecule has 2 aromatic rings. The van der Waals surface area contributed by atoms with Gasteiger partial charge in [-0.2, -0.15) is 0 Å². The van der Waals surface area contributed by atoms with E-state index in [1.807, 2.05) is 19.9 Å². The number of hydrogen-bond acceptors (Lipinski definition) is 7. The molecule has 0 radical (unpaired) electrons. The molecule has 0 amide bonds. The lowest BCUT2D eigenvalue weighted by Gasteiger charge is -2.41. The number of rotatable bonds is 7. The van der Waals surface area contributed by atoms with E-state index < -0.39 is 22.7 Å². The Morgan fingerprint density at radius 1 is 1.19 bits per heavy atom. The van der Waals surface area contributed by atoms with E-state index in [1.54, 1.807) is 44.2 Å². The fourth-order valence-electron chi connectivity index (χ4n) is 5.04. The molecule has 2 unspecified atom stereocenters. The third-order valence-electron chi connectivity index (χ3n) is 6.58. The van der Waals surface area contributed by atoms with Gasteiger partial charge in [-0.05, 0) is 48.6 Å². The van der Waals surface area contributed by atoms with Crippen LogP contribution in [0.15, 0.2) is 65.5 Å². The van der Waals surface area contributed by atoms with Crippen LogP contribution in [0.2, 0.25) is 5.02 Å². The van der Waals surface area contributed by atoms with Crippen LogP contribution in [0.5, 0.6) is 5.75 Å². The number of carbonyl (C=O) groups is 2. The van der Waals surface area contributed by atoms with Crippen molar-refractivity contribution in [3.05, 3.63) is 91.8 Å². The summed E-state index contributed by atoms with van der Waals surface area (Å²) >= 11 is 5.93. The maximum atomic E-state index is 13.4. The molecule has 37 heavy (non-hydrogen) atoms. The average molecular weight is 525 g/mol. The molecular weight excluding hydrogens is 496 g/mol. The topological polar surface area (TPSA) is 108 Å². The zero-order valence-corrected chi connectivity index (χ0v) is 21.9. The number of fused-ring (bicyclic) bond motifs is 1. The highest BCUT2D eigenvalue weighted by molar-refractivity contribution is 6.30. The van der Waals surface area contributed by atoms with E-state index >= 15 is 0 Å². The van der Waals surface area contributed by atoms with E-state index in [9.17, 15) is 19.7 Å². The number of carbonyl (C=O) groups excluding carboxylic acids is 2. The lowest BCUT2D eigenvalue weighted by Crippen LogP contribution is -2.43. The summed E-state index contributed by atoms with van der Waals surface area (Å²) in [5, 5.41) is 15.9.